The minimum atomic E-state index is -5.59. The normalized spacial score (nSPS) is 16.4. The van der Waals surface area contributed by atoms with Crippen LogP contribution in [0.4, 0.5) is 0 Å². The van der Waals surface area contributed by atoms with Crippen LogP contribution in [0.2, 0.25) is 0 Å². The summed E-state index contributed by atoms with van der Waals surface area (Å²) < 4.78 is 73.5. The first-order valence-corrected chi connectivity index (χ1v) is 22.2. The van der Waals surface area contributed by atoms with Crippen molar-refractivity contribution in [3.05, 3.63) is 12.2 Å². The topological polar surface area (TPSA) is 172 Å². The Labute approximate surface area is 329 Å². The third-order valence-corrected chi connectivity index (χ3v) is 9.64. The van der Waals surface area contributed by atoms with E-state index >= 15 is 0 Å². The lowest BCUT2D eigenvalue weighted by atomic mass is 10.0. The predicted octanol–water partition coefficient (Wildman–Crippen LogP) is 10.9. The lowest BCUT2D eigenvalue weighted by molar-refractivity contribution is -0.161. The number of phosphoric ester groups is 1. The second kappa shape index (κ2) is 37.2. The minimum Gasteiger partial charge on any atom is -0.480 e. The summed E-state index contributed by atoms with van der Waals surface area (Å²) in [5.41, 5.74) is 5.27. The van der Waals surface area contributed by atoms with E-state index in [1.807, 2.05) is 0 Å². The van der Waals surface area contributed by atoms with Crippen LogP contribution in [0.5, 0.6) is 0 Å². The molecule has 11 nitrogen and oxygen atoms in total. The first-order valence-electron chi connectivity index (χ1n) is 23.2. The fraction of sp³-hybridized carbons (Fsp3) is 0.878. The number of ether oxygens (including phenoxy) is 2. The second-order valence-electron chi connectivity index (χ2n) is 14.0. The van der Waals surface area contributed by atoms with Crippen molar-refractivity contribution in [3.63, 3.8) is 0 Å². The number of aliphatic carboxylic acids is 1. The van der Waals surface area contributed by atoms with E-state index < -0.39 is 57.6 Å². The number of phosphoric acid groups is 1. The third-order valence-electron chi connectivity index (χ3n) is 8.84. The van der Waals surface area contributed by atoms with Gasteiger partial charge in [-0.15, -0.1) is 0 Å². The third kappa shape index (κ3) is 36.9. The highest BCUT2D eigenvalue weighted by Crippen LogP contribution is 2.43. The lowest BCUT2D eigenvalue weighted by Gasteiger charge is -2.20. The van der Waals surface area contributed by atoms with Crippen LogP contribution < -0.4 is 5.73 Å². The van der Waals surface area contributed by atoms with Crippen LogP contribution in [0.1, 0.15) is 207 Å². The van der Waals surface area contributed by atoms with Crippen LogP contribution in [0, 0.1) is 0 Å². The lowest BCUT2D eigenvalue weighted by Crippen LogP contribution is -2.34. The smallest absolute Gasteiger partial charge is 0.472 e. The maximum absolute atomic E-state index is 12.9. The fourth-order valence-electron chi connectivity index (χ4n) is 5.56. The molecule has 312 valence electrons. The molecular weight excluding hydrogens is 697 g/mol. The van der Waals surface area contributed by atoms with E-state index in [0.29, 0.717) is 19.3 Å². The summed E-state index contributed by atoms with van der Waals surface area (Å²) in [6, 6.07) is -1.80. The van der Waals surface area contributed by atoms with Gasteiger partial charge < -0.3 is 25.2 Å². The second-order valence-corrected chi connectivity index (χ2v) is 15.3. The van der Waals surface area contributed by atoms with Crippen LogP contribution in [0.15, 0.2) is 12.2 Å². The summed E-state index contributed by atoms with van der Waals surface area (Å²) in [5.74, 6) is -3.97. The van der Waals surface area contributed by atoms with Crippen molar-refractivity contribution in [2.45, 2.75) is 212 Å². The SMILES string of the molecule is [2H]C([2H])(OC(=O)CCCCCCCCCCCCCCCC)[C@@]([2H])(OC(=O)CCCCCCC/C=C/CCCCCCCC)C([2H])([2H])OP(=O)(O)OC[C@H](N)C(=O)O. The zero-order valence-corrected chi connectivity index (χ0v) is 34.0. The van der Waals surface area contributed by atoms with Crippen molar-refractivity contribution in [1.29, 1.82) is 0 Å². The zero-order valence-electron chi connectivity index (χ0n) is 38.1. The summed E-state index contributed by atoms with van der Waals surface area (Å²) in [6.07, 6.45) is 28.2. The number of carboxylic acid groups (broad SMARTS) is 1. The highest BCUT2D eigenvalue weighted by atomic mass is 31.2. The molecule has 1 unspecified atom stereocenters. The predicted molar refractivity (Wildman–Crippen MR) is 213 cm³/mol. The van der Waals surface area contributed by atoms with Gasteiger partial charge in [-0.05, 0) is 38.5 Å². The molecule has 3 atom stereocenters. The molecule has 0 spiro atoms. The summed E-state index contributed by atoms with van der Waals surface area (Å²) in [6.45, 7) is -4.39. The molecule has 0 saturated carbocycles. The Kier molecular flexibility index (Phi) is 29.7. The Morgan fingerprint density at radius 3 is 1.47 bits per heavy atom. The maximum atomic E-state index is 12.9. The minimum absolute atomic E-state index is 0.267. The van der Waals surface area contributed by atoms with Crippen molar-refractivity contribution < 1.29 is 54.3 Å². The number of carbonyl (C=O) groups excluding carboxylic acids is 2. The zero-order chi connectivity index (χ0) is 43.8. The van der Waals surface area contributed by atoms with E-state index in [4.69, 9.17) is 27.2 Å². The van der Waals surface area contributed by atoms with Crippen LogP contribution in [-0.2, 0) is 37.5 Å². The van der Waals surface area contributed by atoms with Gasteiger partial charge in [-0.25, -0.2) is 4.57 Å². The van der Waals surface area contributed by atoms with Gasteiger partial charge in [0.2, 0.25) is 0 Å². The summed E-state index contributed by atoms with van der Waals surface area (Å²) in [5, 5.41) is 8.93. The molecule has 0 aliphatic rings. The van der Waals surface area contributed by atoms with Gasteiger partial charge in [0.15, 0.2) is 6.08 Å². The van der Waals surface area contributed by atoms with Crippen LogP contribution in [0.25, 0.3) is 0 Å². The first kappa shape index (κ1) is 42.4. The molecule has 12 heteroatoms. The molecule has 0 aromatic carbocycles. The van der Waals surface area contributed by atoms with E-state index in [2.05, 4.69) is 35.0 Å². The molecule has 0 aromatic heterocycles. The van der Waals surface area contributed by atoms with Crippen molar-refractivity contribution in [2.75, 3.05) is 19.7 Å². The quantitative estimate of drug-likeness (QED) is 0.0234. The number of rotatable bonds is 40. The van der Waals surface area contributed by atoms with Crippen molar-refractivity contribution in [2.24, 2.45) is 5.73 Å². The van der Waals surface area contributed by atoms with E-state index in [9.17, 15) is 23.8 Å². The van der Waals surface area contributed by atoms with Gasteiger partial charge >= 0.3 is 25.7 Å². The molecule has 0 heterocycles. The van der Waals surface area contributed by atoms with E-state index in [1.165, 1.54) is 89.9 Å². The molecule has 53 heavy (non-hydrogen) atoms. The van der Waals surface area contributed by atoms with Gasteiger partial charge in [0.1, 0.15) is 12.6 Å². The summed E-state index contributed by atoms with van der Waals surface area (Å²) >= 11 is 0. The van der Waals surface area contributed by atoms with Crippen molar-refractivity contribution in [3.8, 4) is 0 Å². The van der Waals surface area contributed by atoms with Gasteiger partial charge in [-0.2, -0.15) is 0 Å². The standard InChI is InChI=1S/C41H78NO10P/c1-3-5-7-9-11-13-15-17-19-21-23-25-27-29-31-33-40(44)52-37(35-50-53(47,48)51-36-38(42)41(45)46)34-49-39(43)32-30-28-26-24-22-20-18-16-14-12-10-8-6-4-2/h17,19,37-38H,3-16,18,20-36,42H2,1-2H3,(H,45,46)(H,47,48)/b19-17+/t37-,38+/m1/s1/i34D2,35D2,37D. The monoisotopic (exact) mass is 781 g/mol. The molecule has 4 N–H and O–H groups in total. The molecule has 0 fully saturated rings. The molecule has 0 aliphatic carbocycles. The highest BCUT2D eigenvalue weighted by Gasteiger charge is 2.28. The fourth-order valence-corrected chi connectivity index (χ4v) is 6.16. The first-order chi connectivity index (χ1) is 27.4. The van der Waals surface area contributed by atoms with Crippen LogP contribution in [0.3, 0.4) is 0 Å². The number of hydrogen-bond donors (Lipinski definition) is 3. The Hall–Kier alpha value is -1.78. The van der Waals surface area contributed by atoms with E-state index in [0.717, 1.165) is 57.8 Å². The Bertz CT molecular complexity index is 1180. The number of carboxylic acids is 1. The van der Waals surface area contributed by atoms with Gasteiger partial charge in [0.25, 0.3) is 0 Å². The number of hydrogen-bond acceptors (Lipinski definition) is 9. The molecule has 0 aliphatic heterocycles. The number of unbranched alkanes of at least 4 members (excludes halogenated alkanes) is 24. The Morgan fingerprint density at radius 1 is 0.642 bits per heavy atom. The molecule has 0 bridgehead atoms. The molecule has 0 aromatic rings. The highest BCUT2D eigenvalue weighted by molar-refractivity contribution is 7.47. The molecule has 0 saturated heterocycles. The number of allylic oxidation sites excluding steroid dienone is 2. The summed E-state index contributed by atoms with van der Waals surface area (Å²) in [4.78, 5) is 46.8. The Balaban J connectivity index is 5.10. The maximum Gasteiger partial charge on any atom is 0.472 e. The number of nitrogens with two attached hydrogens (primary N) is 1. The van der Waals surface area contributed by atoms with Crippen molar-refractivity contribution in [1.82, 2.24) is 0 Å². The average Bonchev–Trinajstić information content (AvgIpc) is 3.14. The van der Waals surface area contributed by atoms with E-state index in [-0.39, 0.29) is 19.3 Å². The average molecular weight is 781 g/mol. The van der Waals surface area contributed by atoms with Gasteiger partial charge in [-0.3, -0.25) is 23.4 Å². The Morgan fingerprint density at radius 2 is 1.04 bits per heavy atom. The van der Waals surface area contributed by atoms with Gasteiger partial charge in [0.05, 0.1) is 20.0 Å². The largest absolute Gasteiger partial charge is 0.480 e. The molecule has 0 radical (unpaired) electrons. The van der Waals surface area contributed by atoms with Gasteiger partial charge in [-0.1, -0.05) is 161 Å². The number of carbonyl (C=O) groups is 3. The van der Waals surface area contributed by atoms with Gasteiger partial charge in [0, 0.05) is 12.8 Å². The molecule has 0 rings (SSSR count). The molecule has 0 amide bonds. The molecular formula is C41H78NO10P. The van der Waals surface area contributed by atoms with E-state index in [1.54, 1.807) is 0 Å². The van der Waals surface area contributed by atoms with Crippen LogP contribution in [-0.4, -0.2) is 59.8 Å². The number of esters is 2. The van der Waals surface area contributed by atoms with Crippen molar-refractivity contribution >= 4 is 25.7 Å². The van der Waals surface area contributed by atoms with Crippen LogP contribution >= 0.6 is 7.82 Å². The summed E-state index contributed by atoms with van der Waals surface area (Å²) in [7, 11) is -5.59.